The molecule has 3 aromatic heterocycles. The second kappa shape index (κ2) is 6.75. The van der Waals surface area contributed by atoms with Crippen LogP contribution in [0.5, 0.6) is 0 Å². The molecule has 5 nitrogen and oxygen atoms in total. The molecule has 4 aromatic rings. The lowest BCUT2D eigenvalue weighted by atomic mass is 10.1. The first kappa shape index (κ1) is 16.5. The number of rotatable bonds is 5. The molecule has 0 radical (unpaired) electrons. The fourth-order valence-corrected chi connectivity index (χ4v) is 3.46. The lowest BCUT2D eigenvalue weighted by molar-refractivity contribution is 0.769. The second-order valence-corrected chi connectivity index (χ2v) is 6.64. The Morgan fingerprint density at radius 1 is 1.08 bits per heavy atom. The fraction of sp³-hybridized carbons (Fsp3) is 0.286. The van der Waals surface area contributed by atoms with Gasteiger partial charge in [0.1, 0.15) is 0 Å². The van der Waals surface area contributed by atoms with Gasteiger partial charge < -0.3 is 4.90 Å². The van der Waals surface area contributed by atoms with Gasteiger partial charge in [0.25, 0.3) is 0 Å². The summed E-state index contributed by atoms with van der Waals surface area (Å²) in [6.07, 6.45) is 4.11. The van der Waals surface area contributed by atoms with Crippen LogP contribution in [0.2, 0.25) is 0 Å². The van der Waals surface area contributed by atoms with Crippen LogP contribution >= 0.6 is 0 Å². The molecule has 0 bridgehead atoms. The Kier molecular flexibility index (Phi) is 4.29. The SMILES string of the molecule is CCCCN(C)c1c2ccccc2nc2c1c(C)nn2-c1ccccn1. The summed E-state index contributed by atoms with van der Waals surface area (Å²) in [6.45, 7) is 5.28. The van der Waals surface area contributed by atoms with Crippen LogP contribution in [-0.4, -0.2) is 33.3 Å². The summed E-state index contributed by atoms with van der Waals surface area (Å²) in [5, 5.41) is 7.04. The van der Waals surface area contributed by atoms with Gasteiger partial charge in [0.2, 0.25) is 0 Å². The minimum Gasteiger partial charge on any atom is -0.373 e. The summed E-state index contributed by atoms with van der Waals surface area (Å²) in [5.41, 5.74) is 4.02. The highest BCUT2D eigenvalue weighted by molar-refractivity contribution is 6.08. The molecule has 1 aromatic carbocycles. The van der Waals surface area contributed by atoms with Crippen molar-refractivity contribution in [2.24, 2.45) is 0 Å². The average Bonchev–Trinajstić information content (AvgIpc) is 3.01. The topological polar surface area (TPSA) is 46.8 Å². The number of hydrogen-bond acceptors (Lipinski definition) is 4. The predicted molar refractivity (Wildman–Crippen MR) is 107 cm³/mol. The van der Waals surface area contributed by atoms with Crippen molar-refractivity contribution < 1.29 is 0 Å². The normalized spacial score (nSPS) is 11.3. The molecule has 0 amide bonds. The van der Waals surface area contributed by atoms with Gasteiger partial charge in [-0.1, -0.05) is 37.6 Å². The molecule has 132 valence electrons. The van der Waals surface area contributed by atoms with Gasteiger partial charge in [-0.25, -0.2) is 9.97 Å². The molecule has 0 saturated heterocycles. The first-order valence-corrected chi connectivity index (χ1v) is 9.11. The van der Waals surface area contributed by atoms with Gasteiger partial charge in [-0.05, 0) is 31.5 Å². The molecule has 5 heteroatoms. The highest BCUT2D eigenvalue weighted by atomic mass is 15.3. The van der Waals surface area contributed by atoms with E-state index >= 15 is 0 Å². The number of aryl methyl sites for hydroxylation is 1. The number of pyridine rings is 2. The molecule has 0 saturated carbocycles. The van der Waals surface area contributed by atoms with Crippen molar-refractivity contribution in [2.45, 2.75) is 26.7 Å². The van der Waals surface area contributed by atoms with E-state index in [1.807, 2.05) is 28.9 Å². The molecular formula is C21H23N5. The number of hydrogen-bond donors (Lipinski definition) is 0. The van der Waals surface area contributed by atoms with Crippen LogP contribution in [0.1, 0.15) is 25.5 Å². The first-order chi connectivity index (χ1) is 12.7. The largest absolute Gasteiger partial charge is 0.373 e. The van der Waals surface area contributed by atoms with Crippen molar-refractivity contribution in [1.29, 1.82) is 0 Å². The van der Waals surface area contributed by atoms with E-state index in [1.54, 1.807) is 6.20 Å². The standard InChI is InChI=1S/C21H23N5/c1-4-5-14-25(3)20-16-10-6-7-11-17(16)23-21-19(20)15(2)24-26(21)18-12-8-9-13-22-18/h6-13H,4-5,14H2,1-3H3. The number of unbranched alkanes of at least 4 members (excludes halogenated alkanes) is 1. The van der Waals surface area contributed by atoms with Crippen LogP contribution in [0, 0.1) is 6.92 Å². The maximum atomic E-state index is 4.93. The summed E-state index contributed by atoms with van der Waals surface area (Å²) in [5.74, 6) is 0.788. The Balaban J connectivity index is 2.04. The maximum absolute atomic E-state index is 4.93. The van der Waals surface area contributed by atoms with Crippen molar-refractivity contribution >= 4 is 27.6 Å². The molecule has 0 atom stereocenters. The van der Waals surface area contributed by atoms with Gasteiger partial charge in [0.05, 0.1) is 22.3 Å². The van der Waals surface area contributed by atoms with E-state index in [4.69, 9.17) is 10.1 Å². The highest BCUT2D eigenvalue weighted by Crippen LogP contribution is 2.35. The van der Waals surface area contributed by atoms with Gasteiger partial charge in [0.15, 0.2) is 11.5 Å². The van der Waals surface area contributed by atoms with Gasteiger partial charge in [0, 0.05) is 25.2 Å². The predicted octanol–water partition coefficient (Wildman–Crippen LogP) is 4.51. The number of aromatic nitrogens is 4. The third-order valence-corrected chi connectivity index (χ3v) is 4.75. The lowest BCUT2D eigenvalue weighted by Gasteiger charge is -2.22. The summed E-state index contributed by atoms with van der Waals surface area (Å²) in [4.78, 5) is 11.7. The summed E-state index contributed by atoms with van der Waals surface area (Å²) in [6, 6.07) is 14.2. The smallest absolute Gasteiger partial charge is 0.167 e. The maximum Gasteiger partial charge on any atom is 0.167 e. The third-order valence-electron chi connectivity index (χ3n) is 4.75. The Labute approximate surface area is 153 Å². The number of para-hydroxylation sites is 1. The molecule has 3 heterocycles. The molecular weight excluding hydrogens is 322 g/mol. The molecule has 4 rings (SSSR count). The van der Waals surface area contributed by atoms with Crippen molar-refractivity contribution in [3.8, 4) is 5.82 Å². The average molecular weight is 345 g/mol. The van der Waals surface area contributed by atoms with Gasteiger partial charge in [-0.2, -0.15) is 9.78 Å². The molecule has 0 unspecified atom stereocenters. The van der Waals surface area contributed by atoms with Gasteiger partial charge in [-0.3, -0.25) is 0 Å². The number of nitrogens with zero attached hydrogens (tertiary/aromatic N) is 5. The Bertz CT molecular complexity index is 1050. The molecule has 0 aliphatic carbocycles. The van der Waals surface area contributed by atoms with E-state index in [1.165, 1.54) is 17.5 Å². The molecule has 0 aliphatic rings. The molecule has 26 heavy (non-hydrogen) atoms. The van der Waals surface area contributed by atoms with E-state index in [0.29, 0.717) is 0 Å². The molecule has 0 aliphatic heterocycles. The van der Waals surface area contributed by atoms with E-state index < -0.39 is 0 Å². The zero-order valence-electron chi connectivity index (χ0n) is 15.5. The van der Waals surface area contributed by atoms with Gasteiger partial charge in [-0.15, -0.1) is 0 Å². The summed E-state index contributed by atoms with van der Waals surface area (Å²) < 4.78 is 1.86. The van der Waals surface area contributed by atoms with Crippen LogP contribution in [0.25, 0.3) is 27.8 Å². The Morgan fingerprint density at radius 2 is 1.88 bits per heavy atom. The quantitative estimate of drug-likeness (QED) is 0.534. The van der Waals surface area contributed by atoms with Gasteiger partial charge >= 0.3 is 0 Å². The molecule has 0 spiro atoms. The summed E-state index contributed by atoms with van der Waals surface area (Å²) in [7, 11) is 2.16. The Morgan fingerprint density at radius 3 is 2.65 bits per heavy atom. The monoisotopic (exact) mass is 345 g/mol. The molecule has 0 N–H and O–H groups in total. The fourth-order valence-electron chi connectivity index (χ4n) is 3.46. The van der Waals surface area contributed by atoms with E-state index in [0.717, 1.165) is 41.0 Å². The van der Waals surface area contributed by atoms with Crippen LogP contribution in [0.15, 0.2) is 48.7 Å². The number of fused-ring (bicyclic) bond motifs is 2. The zero-order chi connectivity index (χ0) is 18.1. The number of anilines is 1. The highest BCUT2D eigenvalue weighted by Gasteiger charge is 2.20. The van der Waals surface area contributed by atoms with Crippen molar-refractivity contribution in [1.82, 2.24) is 19.7 Å². The minimum absolute atomic E-state index is 0.788. The zero-order valence-corrected chi connectivity index (χ0v) is 15.5. The number of benzene rings is 1. The summed E-state index contributed by atoms with van der Waals surface area (Å²) >= 11 is 0. The van der Waals surface area contributed by atoms with Crippen molar-refractivity contribution in [2.75, 3.05) is 18.5 Å². The van der Waals surface area contributed by atoms with Crippen molar-refractivity contribution in [3.63, 3.8) is 0 Å². The van der Waals surface area contributed by atoms with E-state index in [2.05, 4.69) is 49.0 Å². The van der Waals surface area contributed by atoms with Crippen LogP contribution < -0.4 is 4.90 Å². The first-order valence-electron chi connectivity index (χ1n) is 9.11. The van der Waals surface area contributed by atoms with Crippen LogP contribution in [-0.2, 0) is 0 Å². The van der Waals surface area contributed by atoms with E-state index in [-0.39, 0.29) is 0 Å². The van der Waals surface area contributed by atoms with Crippen LogP contribution in [0.3, 0.4) is 0 Å². The third kappa shape index (κ3) is 2.69. The molecule has 0 fully saturated rings. The van der Waals surface area contributed by atoms with E-state index in [9.17, 15) is 0 Å². The lowest BCUT2D eigenvalue weighted by Crippen LogP contribution is -2.19. The second-order valence-electron chi connectivity index (χ2n) is 6.64. The van der Waals surface area contributed by atoms with Crippen LogP contribution in [0.4, 0.5) is 5.69 Å². The van der Waals surface area contributed by atoms with Crippen molar-refractivity contribution in [3.05, 3.63) is 54.4 Å². The minimum atomic E-state index is 0.788. The Hall–Kier alpha value is -2.95.